The molecule has 0 aliphatic carbocycles. The van der Waals surface area contributed by atoms with E-state index in [1.165, 1.54) is 30.5 Å². The van der Waals surface area contributed by atoms with Crippen molar-refractivity contribution in [3.8, 4) is 0 Å². The molecule has 3 aromatic carbocycles. The third-order valence-electron chi connectivity index (χ3n) is 3.67. The minimum atomic E-state index is -0.375. The molecule has 0 fully saturated rings. The lowest BCUT2D eigenvalue weighted by Gasteiger charge is -2.03. The second-order valence-electron chi connectivity index (χ2n) is 5.75. The van der Waals surface area contributed by atoms with Crippen LogP contribution in [0.1, 0.15) is 21.5 Å². The van der Waals surface area contributed by atoms with Gasteiger partial charge in [-0.25, -0.2) is 14.2 Å². The fourth-order valence-electron chi connectivity index (χ4n) is 2.21. The number of hydrogen-bond donors (Lipinski definition) is 2. The molecule has 2 N–H and O–H groups in total. The van der Waals surface area contributed by atoms with Gasteiger partial charge >= 0.3 is 0 Å². The van der Waals surface area contributed by atoms with Crippen LogP contribution < -0.4 is 10.9 Å². The van der Waals surface area contributed by atoms with Gasteiger partial charge in [-0.05, 0) is 59.7 Å². The summed E-state index contributed by atoms with van der Waals surface area (Å²) in [6.07, 6.45) is 2.99. The largest absolute Gasteiger partial charge is 0.279 e. The van der Waals surface area contributed by atoms with E-state index in [4.69, 9.17) is 0 Å². The van der Waals surface area contributed by atoms with Gasteiger partial charge < -0.3 is 0 Å². The summed E-state index contributed by atoms with van der Waals surface area (Å²) in [7, 11) is 0. The highest BCUT2D eigenvalue weighted by molar-refractivity contribution is 5.95. The summed E-state index contributed by atoms with van der Waals surface area (Å²) in [5, 5.41) is 7.90. The van der Waals surface area contributed by atoms with Crippen molar-refractivity contribution < 1.29 is 13.6 Å². The summed E-state index contributed by atoms with van der Waals surface area (Å²) in [6, 6.07) is 18.3. The topological polar surface area (TPSA) is 65.8 Å². The van der Waals surface area contributed by atoms with Crippen molar-refractivity contribution in [3.05, 3.63) is 101 Å². The molecule has 0 radical (unpaired) electrons. The number of carbonyl (C=O) groups excluding carboxylic acids is 1. The monoisotopic (exact) mass is 378 g/mol. The van der Waals surface area contributed by atoms with E-state index in [9.17, 15) is 13.6 Å². The Labute approximate surface area is 160 Å². The molecule has 0 spiro atoms. The minimum Gasteiger partial charge on any atom is -0.279 e. The fourth-order valence-corrected chi connectivity index (χ4v) is 2.21. The quantitative estimate of drug-likeness (QED) is 0.499. The highest BCUT2D eigenvalue weighted by Crippen LogP contribution is 2.10. The molecule has 0 bridgehead atoms. The number of nitrogens with zero attached hydrogens (tertiary/aromatic N) is 2. The summed E-state index contributed by atoms with van der Waals surface area (Å²) in [6.45, 7) is 0. The molecule has 0 aliphatic rings. The molecule has 0 aliphatic heterocycles. The molecule has 140 valence electrons. The van der Waals surface area contributed by atoms with E-state index >= 15 is 0 Å². The first-order valence-corrected chi connectivity index (χ1v) is 8.34. The molecule has 1 amide bonds. The lowest BCUT2D eigenvalue weighted by Crippen LogP contribution is -2.17. The molecule has 0 unspecified atom stereocenters. The summed E-state index contributed by atoms with van der Waals surface area (Å²) in [5.74, 6) is -1.02. The normalized spacial score (nSPS) is 11.1. The Morgan fingerprint density at radius 2 is 1.21 bits per heavy atom. The van der Waals surface area contributed by atoms with Crippen molar-refractivity contribution in [3.63, 3.8) is 0 Å². The maximum Gasteiger partial charge on any atom is 0.271 e. The van der Waals surface area contributed by atoms with Gasteiger partial charge in [0, 0.05) is 5.56 Å². The van der Waals surface area contributed by atoms with Gasteiger partial charge in [-0.2, -0.15) is 10.2 Å². The average molecular weight is 378 g/mol. The highest BCUT2D eigenvalue weighted by Gasteiger charge is 2.03. The van der Waals surface area contributed by atoms with Crippen LogP contribution in [0.4, 0.5) is 14.5 Å². The zero-order valence-corrected chi connectivity index (χ0v) is 14.6. The van der Waals surface area contributed by atoms with E-state index in [1.54, 1.807) is 54.7 Å². The van der Waals surface area contributed by atoms with Crippen LogP contribution in [0.2, 0.25) is 0 Å². The van der Waals surface area contributed by atoms with Crippen LogP contribution in [0.15, 0.2) is 83.0 Å². The Morgan fingerprint density at radius 3 is 1.75 bits per heavy atom. The molecule has 0 atom stereocenters. The zero-order chi connectivity index (χ0) is 19.8. The van der Waals surface area contributed by atoms with Crippen LogP contribution in [0.3, 0.4) is 0 Å². The second kappa shape index (κ2) is 9.18. The predicted molar refractivity (Wildman–Crippen MR) is 106 cm³/mol. The molecular formula is C21H16F2N4O. The first kappa shape index (κ1) is 18.9. The van der Waals surface area contributed by atoms with Crippen LogP contribution in [-0.4, -0.2) is 18.3 Å². The Hall–Kier alpha value is -3.87. The number of benzene rings is 3. The summed E-state index contributed by atoms with van der Waals surface area (Å²) < 4.78 is 25.7. The molecule has 3 aromatic rings. The average Bonchev–Trinajstić information content (AvgIpc) is 2.71. The number of halogens is 2. The van der Waals surface area contributed by atoms with E-state index < -0.39 is 0 Å². The van der Waals surface area contributed by atoms with Gasteiger partial charge in [0.2, 0.25) is 0 Å². The van der Waals surface area contributed by atoms with Gasteiger partial charge in [-0.15, -0.1) is 0 Å². The van der Waals surface area contributed by atoms with E-state index in [1.807, 2.05) is 0 Å². The number of carbonyl (C=O) groups is 1. The van der Waals surface area contributed by atoms with Gasteiger partial charge in [0.25, 0.3) is 5.91 Å². The maximum absolute atomic E-state index is 12.8. The molecule has 7 heteroatoms. The molecule has 0 saturated heterocycles. The van der Waals surface area contributed by atoms with Gasteiger partial charge in [0.1, 0.15) is 11.6 Å². The first-order valence-electron chi connectivity index (χ1n) is 8.34. The van der Waals surface area contributed by atoms with E-state index in [-0.39, 0.29) is 17.5 Å². The van der Waals surface area contributed by atoms with E-state index in [0.717, 1.165) is 5.56 Å². The van der Waals surface area contributed by atoms with Crippen LogP contribution >= 0.6 is 0 Å². The second-order valence-corrected chi connectivity index (χ2v) is 5.75. The predicted octanol–water partition coefficient (Wildman–Crippen LogP) is 4.17. The lowest BCUT2D eigenvalue weighted by molar-refractivity contribution is 0.0955. The van der Waals surface area contributed by atoms with Gasteiger partial charge in [-0.3, -0.25) is 10.2 Å². The molecule has 0 heterocycles. The molecule has 0 aromatic heterocycles. The number of anilines is 1. The third kappa shape index (κ3) is 5.57. The summed E-state index contributed by atoms with van der Waals surface area (Å²) >= 11 is 0. The number of hydrazone groups is 2. The molecule has 28 heavy (non-hydrogen) atoms. The molecular weight excluding hydrogens is 362 g/mol. The van der Waals surface area contributed by atoms with E-state index in [0.29, 0.717) is 16.8 Å². The Bertz CT molecular complexity index is 982. The molecule has 5 nitrogen and oxygen atoms in total. The number of rotatable bonds is 6. The SMILES string of the molecule is O=C(N/N=C/c1ccc(F)cc1)c1ccc(N/N=C/c2ccc(F)cc2)cc1. The third-order valence-corrected chi connectivity index (χ3v) is 3.67. The van der Waals surface area contributed by atoms with Gasteiger partial charge in [-0.1, -0.05) is 24.3 Å². The minimum absolute atomic E-state index is 0.305. The number of hydrogen-bond acceptors (Lipinski definition) is 4. The van der Waals surface area contributed by atoms with Crippen LogP contribution in [0.25, 0.3) is 0 Å². The smallest absolute Gasteiger partial charge is 0.271 e. The standard InChI is InChI=1S/C21H16F2N4O/c22-18-7-1-15(2-8-18)13-24-26-20-11-5-17(6-12-20)21(28)27-25-14-16-3-9-19(23)10-4-16/h1-14,26H,(H,27,28)/b24-13+,25-14+. The number of nitrogens with one attached hydrogen (secondary N) is 2. The van der Waals surface area contributed by atoms with Crippen LogP contribution in [0.5, 0.6) is 0 Å². The van der Waals surface area contributed by atoms with E-state index in [2.05, 4.69) is 21.1 Å². The fraction of sp³-hybridized carbons (Fsp3) is 0. The van der Waals surface area contributed by atoms with Crippen LogP contribution in [0, 0.1) is 11.6 Å². The van der Waals surface area contributed by atoms with Gasteiger partial charge in [0.05, 0.1) is 18.1 Å². The van der Waals surface area contributed by atoms with Crippen molar-refractivity contribution >= 4 is 24.0 Å². The van der Waals surface area contributed by atoms with Crippen molar-refractivity contribution in [1.29, 1.82) is 0 Å². The van der Waals surface area contributed by atoms with Gasteiger partial charge in [0.15, 0.2) is 0 Å². The van der Waals surface area contributed by atoms with Crippen LogP contribution in [-0.2, 0) is 0 Å². The molecule has 0 saturated carbocycles. The number of amides is 1. The maximum atomic E-state index is 12.8. The Balaban J connectivity index is 1.52. The van der Waals surface area contributed by atoms with Crippen molar-refractivity contribution in [1.82, 2.24) is 5.43 Å². The Kier molecular flexibility index (Phi) is 6.20. The summed E-state index contributed by atoms with van der Waals surface area (Å²) in [5.41, 5.74) is 7.76. The highest BCUT2D eigenvalue weighted by atomic mass is 19.1. The van der Waals surface area contributed by atoms with Crippen molar-refractivity contribution in [2.45, 2.75) is 0 Å². The van der Waals surface area contributed by atoms with Crippen molar-refractivity contribution in [2.75, 3.05) is 5.43 Å². The Morgan fingerprint density at radius 1 is 0.714 bits per heavy atom. The van der Waals surface area contributed by atoms with Crippen molar-refractivity contribution in [2.24, 2.45) is 10.2 Å². The zero-order valence-electron chi connectivity index (χ0n) is 14.6. The molecule has 3 rings (SSSR count). The lowest BCUT2D eigenvalue weighted by atomic mass is 10.2. The first-order chi connectivity index (χ1) is 13.6. The summed E-state index contributed by atoms with van der Waals surface area (Å²) in [4.78, 5) is 12.1.